The fraction of sp³-hybridized carbons (Fsp3) is 0.219. The summed E-state index contributed by atoms with van der Waals surface area (Å²) in [6.07, 6.45) is 1.63. The second kappa shape index (κ2) is 11.9. The van der Waals surface area contributed by atoms with Crippen LogP contribution in [-0.4, -0.2) is 35.3 Å². The Balaban J connectivity index is 1.76. The standard InChI is InChI=1S/C32H30FN3O4S/c1-4-35(5-2)24-17-14-22(25(37)19-24)18-26-30(38)36-29(21-12-15-23(33)16-13-21)27(31(39)40-6-3)28(34-32(36)41-26)20-10-8-7-9-11-20/h7-19,29,37H,4-6H2,1-3H3/b26-18-/t29-/m0/s1. The van der Waals surface area contributed by atoms with E-state index in [2.05, 4.69) is 4.90 Å². The van der Waals surface area contributed by atoms with E-state index in [1.807, 2.05) is 50.2 Å². The normalized spacial score (nSPS) is 14.9. The molecule has 0 bridgehead atoms. The van der Waals surface area contributed by atoms with Gasteiger partial charge >= 0.3 is 5.97 Å². The molecule has 1 aromatic heterocycles. The molecular weight excluding hydrogens is 541 g/mol. The Morgan fingerprint density at radius 3 is 2.41 bits per heavy atom. The maximum absolute atomic E-state index is 14.0. The molecule has 210 valence electrons. The highest BCUT2D eigenvalue weighted by atomic mass is 32.1. The molecule has 0 spiro atoms. The molecule has 4 aromatic rings. The number of fused-ring (bicyclic) bond motifs is 1. The number of esters is 1. The molecule has 3 aromatic carbocycles. The van der Waals surface area contributed by atoms with Crippen LogP contribution in [0.2, 0.25) is 0 Å². The summed E-state index contributed by atoms with van der Waals surface area (Å²) < 4.78 is 21.2. The molecule has 0 unspecified atom stereocenters. The maximum atomic E-state index is 14.0. The van der Waals surface area contributed by atoms with Gasteiger partial charge in [0.1, 0.15) is 11.6 Å². The number of hydrogen-bond acceptors (Lipinski definition) is 7. The molecule has 2 heterocycles. The van der Waals surface area contributed by atoms with Crippen LogP contribution >= 0.6 is 11.3 Å². The lowest BCUT2D eigenvalue weighted by Gasteiger charge is -2.25. The third-order valence-corrected chi connectivity index (χ3v) is 7.97. The topological polar surface area (TPSA) is 84.1 Å². The zero-order valence-corrected chi connectivity index (χ0v) is 23.8. The summed E-state index contributed by atoms with van der Waals surface area (Å²) in [5, 5.41) is 10.8. The molecule has 5 rings (SSSR count). The first kappa shape index (κ1) is 28.0. The van der Waals surface area contributed by atoms with Crippen molar-refractivity contribution in [3.63, 3.8) is 0 Å². The van der Waals surface area contributed by atoms with Crippen LogP contribution < -0.4 is 19.8 Å². The summed E-state index contributed by atoms with van der Waals surface area (Å²) in [5.74, 6) is -0.995. The van der Waals surface area contributed by atoms with Gasteiger partial charge in [0.05, 0.1) is 28.5 Å². The minimum atomic E-state index is -0.901. The van der Waals surface area contributed by atoms with Crippen molar-refractivity contribution in [3.8, 4) is 5.75 Å². The summed E-state index contributed by atoms with van der Waals surface area (Å²) >= 11 is 1.16. The smallest absolute Gasteiger partial charge is 0.338 e. The van der Waals surface area contributed by atoms with Gasteiger partial charge in [0.25, 0.3) is 5.56 Å². The van der Waals surface area contributed by atoms with Crippen molar-refractivity contribution in [2.45, 2.75) is 26.8 Å². The highest BCUT2D eigenvalue weighted by molar-refractivity contribution is 7.07. The number of aromatic nitrogens is 1. The molecule has 1 atom stereocenters. The summed E-state index contributed by atoms with van der Waals surface area (Å²) in [7, 11) is 0. The van der Waals surface area contributed by atoms with Crippen LogP contribution in [0.15, 0.2) is 88.2 Å². The van der Waals surface area contributed by atoms with E-state index in [9.17, 15) is 19.1 Å². The Morgan fingerprint density at radius 1 is 1.07 bits per heavy atom. The van der Waals surface area contributed by atoms with Crippen LogP contribution in [0.4, 0.5) is 10.1 Å². The van der Waals surface area contributed by atoms with Crippen molar-refractivity contribution >= 4 is 34.8 Å². The number of benzene rings is 3. The molecule has 0 fully saturated rings. The molecule has 1 aliphatic rings. The zero-order chi connectivity index (χ0) is 29.1. The van der Waals surface area contributed by atoms with E-state index < -0.39 is 17.8 Å². The lowest BCUT2D eigenvalue weighted by molar-refractivity contribution is -0.138. The monoisotopic (exact) mass is 571 g/mol. The molecule has 1 N–H and O–H groups in total. The van der Waals surface area contributed by atoms with Crippen molar-refractivity contribution < 1.29 is 19.0 Å². The quantitative estimate of drug-likeness (QED) is 0.312. The third kappa shape index (κ3) is 5.45. The summed E-state index contributed by atoms with van der Waals surface area (Å²) in [5.41, 5.74) is 2.78. The largest absolute Gasteiger partial charge is 0.507 e. The molecule has 0 saturated carbocycles. The number of hydrogen-bond donors (Lipinski definition) is 1. The predicted octanol–water partition coefficient (Wildman–Crippen LogP) is 4.63. The second-order valence-corrected chi connectivity index (χ2v) is 10.4. The first-order chi connectivity index (χ1) is 19.9. The van der Waals surface area contributed by atoms with Gasteiger partial charge in [-0.1, -0.05) is 53.8 Å². The first-order valence-corrected chi connectivity index (χ1v) is 14.3. The molecule has 0 saturated heterocycles. The SMILES string of the molecule is CCOC(=O)C1=C(c2ccccc2)N=c2s/c(=C\c3ccc(N(CC)CC)cc3O)c(=O)n2[C@H]1c1ccc(F)cc1. The second-order valence-electron chi connectivity index (χ2n) is 9.40. The van der Waals surface area contributed by atoms with Crippen LogP contribution in [0.1, 0.15) is 43.5 Å². The average Bonchev–Trinajstić information content (AvgIpc) is 3.29. The van der Waals surface area contributed by atoms with E-state index in [4.69, 9.17) is 9.73 Å². The Hall–Kier alpha value is -4.50. The summed E-state index contributed by atoms with van der Waals surface area (Å²) in [6, 6.07) is 19.4. The van der Waals surface area contributed by atoms with Gasteiger partial charge in [0, 0.05) is 36.0 Å². The van der Waals surface area contributed by atoms with E-state index in [1.165, 1.54) is 16.7 Å². The Morgan fingerprint density at radius 2 is 1.78 bits per heavy atom. The van der Waals surface area contributed by atoms with Gasteiger partial charge in [-0.15, -0.1) is 0 Å². The van der Waals surface area contributed by atoms with Crippen LogP contribution in [0.3, 0.4) is 0 Å². The molecule has 0 aliphatic carbocycles. The van der Waals surface area contributed by atoms with Crippen LogP contribution in [0.5, 0.6) is 5.75 Å². The van der Waals surface area contributed by atoms with E-state index in [-0.39, 0.29) is 23.5 Å². The Labute approximate surface area is 240 Å². The minimum Gasteiger partial charge on any atom is -0.507 e. The van der Waals surface area contributed by atoms with Gasteiger partial charge in [-0.3, -0.25) is 9.36 Å². The molecule has 1 aliphatic heterocycles. The number of phenolic OH excluding ortho intramolecular Hbond substituents is 1. The van der Waals surface area contributed by atoms with Gasteiger partial charge in [-0.25, -0.2) is 14.2 Å². The molecule has 7 nitrogen and oxygen atoms in total. The van der Waals surface area contributed by atoms with E-state index in [0.29, 0.717) is 31.7 Å². The Kier molecular flexibility index (Phi) is 8.16. The lowest BCUT2D eigenvalue weighted by atomic mass is 9.93. The fourth-order valence-electron chi connectivity index (χ4n) is 4.98. The summed E-state index contributed by atoms with van der Waals surface area (Å²) in [6.45, 7) is 7.52. The van der Waals surface area contributed by atoms with Crippen molar-refractivity contribution in [1.29, 1.82) is 0 Å². The van der Waals surface area contributed by atoms with Crippen molar-refractivity contribution in [2.75, 3.05) is 24.6 Å². The number of rotatable bonds is 8. The summed E-state index contributed by atoms with van der Waals surface area (Å²) in [4.78, 5) is 34.7. The van der Waals surface area contributed by atoms with Crippen molar-refractivity contribution in [1.82, 2.24) is 4.57 Å². The highest BCUT2D eigenvalue weighted by Crippen LogP contribution is 2.35. The predicted molar refractivity (Wildman–Crippen MR) is 159 cm³/mol. The van der Waals surface area contributed by atoms with E-state index in [0.717, 1.165) is 30.1 Å². The van der Waals surface area contributed by atoms with Gasteiger partial charge in [0.2, 0.25) is 0 Å². The lowest BCUT2D eigenvalue weighted by Crippen LogP contribution is -2.40. The number of phenols is 1. The van der Waals surface area contributed by atoms with Gasteiger partial charge in [-0.2, -0.15) is 0 Å². The number of thiazole rings is 1. The first-order valence-electron chi connectivity index (χ1n) is 13.5. The number of halogens is 1. The van der Waals surface area contributed by atoms with Gasteiger partial charge < -0.3 is 14.7 Å². The van der Waals surface area contributed by atoms with E-state index >= 15 is 0 Å². The molecule has 9 heteroatoms. The number of anilines is 1. The number of ether oxygens (including phenoxy) is 1. The van der Waals surface area contributed by atoms with Crippen molar-refractivity contribution in [2.24, 2.45) is 4.99 Å². The molecule has 0 radical (unpaired) electrons. The number of nitrogens with zero attached hydrogens (tertiary/aromatic N) is 3. The Bertz CT molecular complexity index is 1790. The zero-order valence-electron chi connectivity index (χ0n) is 23.0. The van der Waals surface area contributed by atoms with Gasteiger partial charge in [-0.05, 0) is 56.7 Å². The molecule has 0 amide bonds. The average molecular weight is 572 g/mol. The number of aromatic hydroxyl groups is 1. The van der Waals surface area contributed by atoms with Crippen LogP contribution in [0, 0.1) is 5.82 Å². The van der Waals surface area contributed by atoms with Crippen LogP contribution in [-0.2, 0) is 9.53 Å². The molecule has 41 heavy (non-hydrogen) atoms. The van der Waals surface area contributed by atoms with Gasteiger partial charge in [0.15, 0.2) is 4.80 Å². The minimum absolute atomic E-state index is 0.0486. The van der Waals surface area contributed by atoms with Crippen molar-refractivity contribution in [3.05, 3.63) is 121 Å². The highest BCUT2D eigenvalue weighted by Gasteiger charge is 2.35. The maximum Gasteiger partial charge on any atom is 0.338 e. The fourth-order valence-corrected chi connectivity index (χ4v) is 5.97. The van der Waals surface area contributed by atoms with E-state index in [1.54, 1.807) is 37.3 Å². The van der Waals surface area contributed by atoms with Crippen LogP contribution in [0.25, 0.3) is 11.8 Å². The number of carbonyl (C=O) groups excluding carboxylic acids is 1. The molecular formula is C32H30FN3O4S. The third-order valence-electron chi connectivity index (χ3n) is 6.99. The number of carbonyl (C=O) groups is 1.